The molecule has 4 heterocycles. The second kappa shape index (κ2) is 7.07. The molecule has 0 aliphatic carbocycles. The second-order valence-corrected chi connectivity index (χ2v) is 8.21. The van der Waals surface area contributed by atoms with Gasteiger partial charge in [0.1, 0.15) is 17.4 Å². The quantitative estimate of drug-likeness (QED) is 0.737. The topological polar surface area (TPSA) is 59.1 Å². The van der Waals surface area contributed by atoms with Gasteiger partial charge >= 0.3 is 0 Å². The van der Waals surface area contributed by atoms with Gasteiger partial charge < -0.3 is 14.4 Å². The minimum Gasteiger partial charge on any atom is -0.361 e. The molecule has 6 nitrogen and oxygen atoms in total. The smallest absolute Gasteiger partial charge is 0.138 e. The van der Waals surface area contributed by atoms with Gasteiger partial charge in [0.2, 0.25) is 0 Å². The number of halogens is 1. The molecule has 0 radical (unpaired) electrons. The Morgan fingerprint density at radius 1 is 1.14 bits per heavy atom. The molecule has 7 heteroatoms. The molecule has 0 bridgehead atoms. The molecular formula is C22H26FN5O. The Hall–Kier alpha value is -2.51. The molecule has 2 aliphatic rings. The fourth-order valence-corrected chi connectivity index (χ4v) is 4.77. The summed E-state index contributed by atoms with van der Waals surface area (Å²) in [6.45, 7) is 8.66. The molecule has 2 aromatic heterocycles. The number of imidazole rings is 1. The van der Waals surface area contributed by atoms with Gasteiger partial charge in [0, 0.05) is 38.3 Å². The van der Waals surface area contributed by atoms with E-state index in [0.717, 1.165) is 74.1 Å². The number of hydrogen-bond acceptors (Lipinski definition) is 5. The van der Waals surface area contributed by atoms with Crippen LogP contribution >= 0.6 is 0 Å². The summed E-state index contributed by atoms with van der Waals surface area (Å²) >= 11 is 0. The van der Waals surface area contributed by atoms with E-state index in [4.69, 9.17) is 9.51 Å². The van der Waals surface area contributed by atoms with Crippen molar-refractivity contribution in [2.75, 3.05) is 19.6 Å². The molecule has 0 atom stereocenters. The number of nitrogens with one attached hydrogen (secondary N) is 1. The standard InChI is InChI=1S/C22H26FN5O/c1-15-19(16(2)29-26-15)14-27-10-7-22(8-11-27)21-24-13-20(28(21)12-9-25-22)17-3-5-18(23)6-4-17/h3-6,13,25H,7-12,14H2,1-2H3. The van der Waals surface area contributed by atoms with Crippen LogP contribution in [0.4, 0.5) is 4.39 Å². The van der Waals surface area contributed by atoms with Gasteiger partial charge in [-0.3, -0.25) is 4.90 Å². The first-order valence-electron chi connectivity index (χ1n) is 10.3. The van der Waals surface area contributed by atoms with E-state index in [1.807, 2.05) is 32.2 Å². The Kier molecular flexibility index (Phi) is 4.52. The number of aromatic nitrogens is 3. The van der Waals surface area contributed by atoms with Gasteiger partial charge in [-0.15, -0.1) is 0 Å². The van der Waals surface area contributed by atoms with E-state index in [1.165, 1.54) is 17.7 Å². The van der Waals surface area contributed by atoms with Gasteiger partial charge in [-0.1, -0.05) is 5.16 Å². The zero-order valence-corrected chi connectivity index (χ0v) is 16.9. The van der Waals surface area contributed by atoms with Crippen LogP contribution < -0.4 is 5.32 Å². The van der Waals surface area contributed by atoms with E-state index in [0.29, 0.717) is 0 Å². The van der Waals surface area contributed by atoms with Crippen LogP contribution in [0.3, 0.4) is 0 Å². The number of likely N-dealkylation sites (tertiary alicyclic amines) is 1. The predicted molar refractivity (Wildman–Crippen MR) is 108 cm³/mol. The Morgan fingerprint density at radius 3 is 2.59 bits per heavy atom. The molecule has 1 saturated heterocycles. The number of benzene rings is 1. The average Bonchev–Trinajstić information content (AvgIpc) is 3.30. The van der Waals surface area contributed by atoms with E-state index in [2.05, 4.69) is 19.9 Å². The number of nitrogens with zero attached hydrogens (tertiary/aromatic N) is 4. The first-order valence-corrected chi connectivity index (χ1v) is 10.3. The Morgan fingerprint density at radius 2 is 1.90 bits per heavy atom. The largest absolute Gasteiger partial charge is 0.361 e. The van der Waals surface area contributed by atoms with Gasteiger partial charge in [-0.25, -0.2) is 9.37 Å². The zero-order valence-electron chi connectivity index (χ0n) is 16.9. The van der Waals surface area contributed by atoms with Gasteiger partial charge in [-0.2, -0.15) is 0 Å². The predicted octanol–water partition coefficient (Wildman–Crippen LogP) is 3.39. The lowest BCUT2D eigenvalue weighted by Gasteiger charge is -2.44. The summed E-state index contributed by atoms with van der Waals surface area (Å²) in [7, 11) is 0. The molecular weight excluding hydrogens is 369 g/mol. The summed E-state index contributed by atoms with van der Waals surface area (Å²) in [5, 5.41) is 7.85. The van der Waals surface area contributed by atoms with Gasteiger partial charge in [0.15, 0.2) is 0 Å². The number of rotatable bonds is 3. The highest BCUT2D eigenvalue weighted by Crippen LogP contribution is 2.37. The normalized spacial score (nSPS) is 18.9. The van der Waals surface area contributed by atoms with E-state index < -0.39 is 0 Å². The Labute approximate surface area is 169 Å². The van der Waals surface area contributed by atoms with Crippen LogP contribution in [-0.4, -0.2) is 39.2 Å². The summed E-state index contributed by atoms with van der Waals surface area (Å²) in [6, 6.07) is 6.69. The minimum absolute atomic E-state index is 0.0915. The fourth-order valence-electron chi connectivity index (χ4n) is 4.77. The molecule has 1 aromatic carbocycles. The van der Waals surface area contributed by atoms with Crippen molar-refractivity contribution in [2.45, 2.75) is 45.3 Å². The van der Waals surface area contributed by atoms with Crippen molar-refractivity contribution in [2.24, 2.45) is 0 Å². The third-order valence-electron chi connectivity index (χ3n) is 6.49. The molecule has 5 rings (SSSR count). The lowest BCUT2D eigenvalue weighted by molar-refractivity contribution is 0.108. The second-order valence-electron chi connectivity index (χ2n) is 8.21. The number of piperidine rings is 1. The van der Waals surface area contributed by atoms with Crippen LogP contribution in [0, 0.1) is 19.7 Å². The third-order valence-corrected chi connectivity index (χ3v) is 6.49. The van der Waals surface area contributed by atoms with Crippen LogP contribution in [0.15, 0.2) is 35.0 Å². The van der Waals surface area contributed by atoms with Gasteiger partial charge in [0.25, 0.3) is 0 Å². The van der Waals surface area contributed by atoms with Crippen molar-refractivity contribution >= 4 is 0 Å². The van der Waals surface area contributed by atoms with Crippen LogP contribution in [0.1, 0.15) is 35.7 Å². The number of hydrogen-bond donors (Lipinski definition) is 1. The van der Waals surface area contributed by atoms with E-state index in [1.54, 1.807) is 0 Å². The monoisotopic (exact) mass is 395 g/mol. The SMILES string of the molecule is Cc1noc(C)c1CN1CCC2(CC1)NCCn1c(-c3ccc(F)cc3)cnc12. The lowest BCUT2D eigenvalue weighted by Crippen LogP contribution is -2.55. The van der Waals surface area contributed by atoms with Crippen molar-refractivity contribution < 1.29 is 8.91 Å². The van der Waals surface area contributed by atoms with Crippen molar-refractivity contribution in [3.05, 3.63) is 59.1 Å². The molecule has 2 aliphatic heterocycles. The number of fused-ring (bicyclic) bond motifs is 2. The molecule has 0 amide bonds. The summed E-state index contributed by atoms with van der Waals surface area (Å²) in [4.78, 5) is 7.30. The molecule has 0 unspecified atom stereocenters. The first kappa shape index (κ1) is 18.5. The van der Waals surface area contributed by atoms with Crippen LogP contribution in [0.2, 0.25) is 0 Å². The maximum absolute atomic E-state index is 13.3. The van der Waals surface area contributed by atoms with E-state index in [-0.39, 0.29) is 11.4 Å². The number of aryl methyl sites for hydroxylation is 2. The van der Waals surface area contributed by atoms with Crippen LogP contribution in [0.5, 0.6) is 0 Å². The van der Waals surface area contributed by atoms with Crippen LogP contribution in [0.25, 0.3) is 11.3 Å². The maximum Gasteiger partial charge on any atom is 0.138 e. The van der Waals surface area contributed by atoms with Crippen molar-refractivity contribution in [3.8, 4) is 11.3 Å². The summed E-state index contributed by atoms with van der Waals surface area (Å²) in [5.74, 6) is 1.81. The summed E-state index contributed by atoms with van der Waals surface area (Å²) in [6.07, 6.45) is 3.96. The van der Waals surface area contributed by atoms with E-state index >= 15 is 0 Å². The van der Waals surface area contributed by atoms with E-state index in [9.17, 15) is 4.39 Å². The van der Waals surface area contributed by atoms with Crippen LogP contribution in [-0.2, 0) is 18.6 Å². The zero-order chi connectivity index (χ0) is 20.0. The van der Waals surface area contributed by atoms with Crippen molar-refractivity contribution in [3.63, 3.8) is 0 Å². The molecule has 152 valence electrons. The minimum atomic E-state index is -0.212. The van der Waals surface area contributed by atoms with Crippen molar-refractivity contribution in [1.82, 2.24) is 24.9 Å². The molecule has 1 spiro atoms. The van der Waals surface area contributed by atoms with Gasteiger partial charge in [0.05, 0.1) is 23.1 Å². The fraction of sp³-hybridized carbons (Fsp3) is 0.455. The first-order chi connectivity index (χ1) is 14.1. The third kappa shape index (κ3) is 3.18. The molecule has 29 heavy (non-hydrogen) atoms. The highest BCUT2D eigenvalue weighted by atomic mass is 19.1. The Bertz CT molecular complexity index is 995. The molecule has 1 fully saturated rings. The Balaban J connectivity index is 1.37. The van der Waals surface area contributed by atoms with Crippen molar-refractivity contribution in [1.29, 1.82) is 0 Å². The summed E-state index contributed by atoms with van der Waals surface area (Å²) in [5.41, 5.74) is 4.18. The highest BCUT2D eigenvalue weighted by molar-refractivity contribution is 5.59. The highest BCUT2D eigenvalue weighted by Gasteiger charge is 2.42. The average molecular weight is 395 g/mol. The maximum atomic E-state index is 13.3. The molecule has 3 aromatic rings. The summed E-state index contributed by atoms with van der Waals surface area (Å²) < 4.78 is 21.0. The molecule has 0 saturated carbocycles. The molecule has 1 N–H and O–H groups in total. The lowest BCUT2D eigenvalue weighted by atomic mass is 9.85. The van der Waals surface area contributed by atoms with Gasteiger partial charge in [-0.05, 0) is 56.5 Å².